The molecule has 11 nitrogen and oxygen atoms in total. The number of hydrogen-bond donors (Lipinski definition) is 8. The highest BCUT2D eigenvalue weighted by Crippen LogP contribution is 2.35. The summed E-state index contributed by atoms with van der Waals surface area (Å²) in [4.78, 5) is 0. The molecule has 9 atom stereocenters. The van der Waals surface area contributed by atoms with Crippen molar-refractivity contribution in [3.63, 3.8) is 0 Å². The summed E-state index contributed by atoms with van der Waals surface area (Å²) < 4.78 is 15.4. The number of hydrogen-bond acceptors (Lipinski definition) is 11. The second kappa shape index (κ2) is 12.5. The van der Waals surface area contributed by atoms with E-state index in [1.807, 2.05) is 0 Å². The van der Waals surface area contributed by atoms with Crippen LogP contribution < -0.4 is 0 Å². The fourth-order valence-corrected chi connectivity index (χ4v) is 2.63. The van der Waals surface area contributed by atoms with Crippen LogP contribution in [0.15, 0.2) is 0 Å². The Morgan fingerprint density at radius 3 is 1.69 bits per heavy atom. The molecule has 8 N–H and O–H groups in total. The van der Waals surface area contributed by atoms with Crippen LogP contribution in [0.3, 0.4) is 0 Å². The van der Waals surface area contributed by atoms with Crippen molar-refractivity contribution in [2.45, 2.75) is 54.8 Å². The van der Waals surface area contributed by atoms with E-state index in [0.717, 1.165) is 0 Å². The summed E-state index contributed by atoms with van der Waals surface area (Å²) in [6.45, 7) is -2.32. The smallest absolute Gasteiger partial charge is 0.316 e. The average molecular weight is 421 g/mol. The maximum atomic E-state index is 10.00. The minimum atomic E-state index is -2.22. The lowest BCUT2D eigenvalue weighted by atomic mass is 9.99. The topological polar surface area (TPSA) is 190 Å². The summed E-state index contributed by atoms with van der Waals surface area (Å²) in [5.74, 6) is -2.22. The van der Waals surface area contributed by atoms with Gasteiger partial charge < -0.3 is 55.1 Å². The lowest BCUT2D eigenvalue weighted by Gasteiger charge is -2.43. The van der Waals surface area contributed by atoms with Gasteiger partial charge in [0.2, 0.25) is 5.79 Å². The van der Waals surface area contributed by atoms with Crippen LogP contribution in [0.4, 0.5) is 0 Å². The van der Waals surface area contributed by atoms with E-state index < -0.39 is 74.6 Å². The number of aliphatic hydroxyl groups is 8. The molecule has 2 aliphatic rings. The van der Waals surface area contributed by atoms with Gasteiger partial charge in [0.25, 0.3) is 0 Å². The van der Waals surface area contributed by atoms with Crippen LogP contribution >= 0.6 is 0 Å². The second-order valence-corrected chi connectivity index (χ2v) is 5.56. The third-order valence-corrected chi connectivity index (χ3v) is 4.07. The lowest BCUT2D eigenvalue weighted by Crippen LogP contribution is -2.62. The van der Waals surface area contributed by atoms with Crippen LogP contribution in [0.25, 0.3) is 0 Å². The van der Waals surface area contributed by atoms with Crippen molar-refractivity contribution < 1.29 is 55.1 Å². The van der Waals surface area contributed by atoms with E-state index in [1.54, 1.807) is 0 Å². The fraction of sp³-hybridized carbons (Fsp3) is 1.00. The third kappa shape index (κ3) is 5.72. The van der Waals surface area contributed by atoms with Crippen LogP contribution in [-0.4, -0.2) is 185 Å². The van der Waals surface area contributed by atoms with Gasteiger partial charge in [-0.05, 0) is 0 Å². The van der Waals surface area contributed by atoms with E-state index in [9.17, 15) is 30.6 Å². The molecule has 0 unspecified atom stereocenters. The molecule has 26 heavy (non-hydrogen) atoms. The van der Waals surface area contributed by atoms with E-state index in [1.165, 1.54) is 0 Å². The Morgan fingerprint density at radius 2 is 1.27 bits per heavy atom. The number of ether oxygens (including phenoxy) is 3. The van der Waals surface area contributed by atoms with E-state index in [0.29, 0.717) is 0 Å². The SMILES string of the molecule is OC[C@H]1O[C@@](CO)(O[C@H]2O[C@H](CO)[C@@H](O)[C@H](O)[C@H]2O)[C@@H](O)[C@@H]1O.[MgH2].[MgH2].[MgH2]. The molecule has 148 valence electrons. The van der Waals surface area contributed by atoms with Crippen LogP contribution in [-0.2, 0) is 14.2 Å². The van der Waals surface area contributed by atoms with E-state index in [2.05, 4.69) is 0 Å². The summed E-state index contributed by atoms with van der Waals surface area (Å²) in [6.07, 6.45) is -12.7. The van der Waals surface area contributed by atoms with E-state index in [4.69, 9.17) is 24.4 Å². The molecule has 2 rings (SSSR count). The quantitative estimate of drug-likeness (QED) is 0.197. The lowest BCUT2D eigenvalue weighted by molar-refractivity contribution is -0.383. The molecule has 0 amide bonds. The van der Waals surface area contributed by atoms with Crippen LogP contribution in [0, 0.1) is 0 Å². The molecule has 2 aliphatic heterocycles. The standard InChI is InChI=1S/C12H22O11.3Mg.6H/c13-1-4-6(16)8(18)9(19)11(21-4)23-12(3-15)10(20)7(17)5(2-14)22-12;;;;;;;;;/h4-11,13-20H,1-3H2;;;;;;;;;/t4-,5-,6-,7-,8+,9-,10+,11-,12+;;;;;;;;;/m1........./s1. The first-order valence-corrected chi connectivity index (χ1v) is 7.05. The summed E-state index contributed by atoms with van der Waals surface area (Å²) in [7, 11) is 0. The van der Waals surface area contributed by atoms with Gasteiger partial charge in [0, 0.05) is 0 Å². The van der Waals surface area contributed by atoms with Gasteiger partial charge in [-0.15, -0.1) is 0 Å². The van der Waals surface area contributed by atoms with Crippen LogP contribution in [0.1, 0.15) is 0 Å². The monoisotopic (exact) mass is 420 g/mol. The third-order valence-electron chi connectivity index (χ3n) is 4.07. The zero-order valence-corrected chi connectivity index (χ0v) is 12.0. The molecule has 0 aliphatic carbocycles. The normalized spacial score (nSPS) is 45.2. The van der Waals surface area contributed by atoms with Gasteiger partial charge in [0.1, 0.15) is 49.3 Å². The summed E-state index contributed by atoms with van der Waals surface area (Å²) >= 11 is 0. The summed E-state index contributed by atoms with van der Waals surface area (Å²) in [5.41, 5.74) is 0. The van der Waals surface area contributed by atoms with Gasteiger partial charge in [0.15, 0.2) is 6.29 Å². The van der Waals surface area contributed by atoms with Crippen molar-refractivity contribution in [3.8, 4) is 0 Å². The molecule has 0 spiro atoms. The van der Waals surface area contributed by atoms with Crippen molar-refractivity contribution in [1.29, 1.82) is 0 Å². The van der Waals surface area contributed by atoms with Crippen molar-refractivity contribution in [2.24, 2.45) is 0 Å². The van der Waals surface area contributed by atoms with Crippen LogP contribution in [0.2, 0.25) is 0 Å². The molecule has 0 aromatic carbocycles. The minimum Gasteiger partial charge on any atom is -0.394 e. The predicted molar refractivity (Wildman–Crippen MR) is 94.3 cm³/mol. The number of rotatable bonds is 5. The minimum absolute atomic E-state index is 0. The molecule has 0 radical (unpaired) electrons. The molecule has 0 aromatic heterocycles. The zero-order chi connectivity index (χ0) is 17.4. The van der Waals surface area contributed by atoms with Gasteiger partial charge in [-0.25, -0.2) is 0 Å². The molecule has 0 aromatic rings. The van der Waals surface area contributed by atoms with Crippen molar-refractivity contribution in [1.82, 2.24) is 0 Å². The van der Waals surface area contributed by atoms with E-state index in [-0.39, 0.29) is 69.2 Å². The van der Waals surface area contributed by atoms with Crippen molar-refractivity contribution in [3.05, 3.63) is 0 Å². The Hall–Kier alpha value is 1.86. The maximum absolute atomic E-state index is 10.00. The highest BCUT2D eigenvalue weighted by atomic mass is 24.3. The van der Waals surface area contributed by atoms with E-state index >= 15 is 0 Å². The average Bonchev–Trinajstić information content (AvgIpc) is 2.80. The molecule has 2 heterocycles. The first-order valence-electron chi connectivity index (χ1n) is 7.05. The number of aliphatic hydroxyl groups excluding tert-OH is 8. The molecule has 0 bridgehead atoms. The molecular weight excluding hydrogens is 393 g/mol. The fourth-order valence-electron chi connectivity index (χ4n) is 2.63. The van der Waals surface area contributed by atoms with Gasteiger partial charge in [0.05, 0.1) is 13.2 Å². The molecule has 0 saturated carbocycles. The maximum Gasteiger partial charge on any atom is 0.316 e. The molecule has 14 heteroatoms. The molecule has 2 saturated heterocycles. The summed E-state index contributed by atoms with van der Waals surface area (Å²) in [5, 5.41) is 76.7. The van der Waals surface area contributed by atoms with Gasteiger partial charge in [-0.3, -0.25) is 0 Å². The second-order valence-electron chi connectivity index (χ2n) is 5.56. The van der Waals surface area contributed by atoms with Gasteiger partial charge >= 0.3 is 69.2 Å². The van der Waals surface area contributed by atoms with Crippen LogP contribution in [0.5, 0.6) is 0 Å². The largest absolute Gasteiger partial charge is 0.394 e. The Balaban J connectivity index is 0. The highest BCUT2D eigenvalue weighted by Gasteiger charge is 2.58. The first kappa shape index (κ1) is 30.1. The zero-order valence-electron chi connectivity index (χ0n) is 12.0. The highest BCUT2D eigenvalue weighted by molar-refractivity contribution is 5.76. The Kier molecular flexibility index (Phi) is 14.5. The Morgan fingerprint density at radius 1 is 0.731 bits per heavy atom. The molecular formula is C12H28Mg3O11. The molecule has 2 fully saturated rings. The summed E-state index contributed by atoms with van der Waals surface area (Å²) in [6, 6.07) is 0. The van der Waals surface area contributed by atoms with Gasteiger partial charge in [-0.1, -0.05) is 0 Å². The Bertz CT molecular complexity index is 407. The first-order chi connectivity index (χ1) is 10.8. The van der Waals surface area contributed by atoms with Crippen molar-refractivity contribution in [2.75, 3.05) is 19.8 Å². The predicted octanol–water partition coefficient (Wildman–Crippen LogP) is -8.14. The van der Waals surface area contributed by atoms with Gasteiger partial charge in [-0.2, -0.15) is 0 Å². The Labute approximate surface area is 197 Å². The van der Waals surface area contributed by atoms with Crippen molar-refractivity contribution >= 4 is 69.2 Å².